The van der Waals surface area contributed by atoms with Gasteiger partial charge in [0.15, 0.2) is 13.1 Å². The van der Waals surface area contributed by atoms with Crippen LogP contribution in [0.3, 0.4) is 0 Å². The molecule has 7 aromatic rings. The SMILES string of the molecule is CBc1cccc2c3ccccc3n(-c3ccc(-c4cc(-c5ccccc5)nc(-c5ccccc5)n4)cc3)c12. The first-order chi connectivity index (χ1) is 19.3. The third-order valence-corrected chi connectivity index (χ3v) is 7.41. The van der Waals surface area contributed by atoms with E-state index in [1.54, 1.807) is 0 Å². The molecule has 0 unspecified atom stereocenters. The van der Waals surface area contributed by atoms with Gasteiger partial charge in [-0.3, -0.25) is 0 Å². The lowest BCUT2D eigenvalue weighted by molar-refractivity contribution is 1.17. The zero-order valence-corrected chi connectivity index (χ0v) is 21.8. The zero-order valence-electron chi connectivity index (χ0n) is 21.8. The van der Waals surface area contributed by atoms with Crippen molar-refractivity contribution in [2.45, 2.75) is 6.82 Å². The molecule has 0 aliphatic heterocycles. The van der Waals surface area contributed by atoms with Crippen LogP contribution in [-0.2, 0) is 0 Å². The Morgan fingerprint density at radius 2 is 1.13 bits per heavy atom. The number of hydrogen-bond donors (Lipinski definition) is 0. The topological polar surface area (TPSA) is 30.7 Å². The first kappa shape index (κ1) is 23.2. The maximum Gasteiger partial charge on any atom is 0.160 e. The van der Waals surface area contributed by atoms with Crippen molar-refractivity contribution in [2.75, 3.05) is 0 Å². The molecule has 3 nitrogen and oxygen atoms in total. The van der Waals surface area contributed by atoms with Crippen molar-refractivity contribution in [3.8, 4) is 39.6 Å². The van der Waals surface area contributed by atoms with Crippen molar-refractivity contribution >= 4 is 34.5 Å². The Morgan fingerprint density at radius 3 is 1.82 bits per heavy atom. The molecule has 0 amide bonds. The molecule has 2 aromatic heterocycles. The molecular formula is C35H26BN3. The quantitative estimate of drug-likeness (QED) is 0.228. The maximum atomic E-state index is 5.00. The number of aromatic nitrogens is 3. The lowest BCUT2D eigenvalue weighted by Crippen LogP contribution is -2.14. The number of rotatable bonds is 5. The Morgan fingerprint density at radius 1 is 0.538 bits per heavy atom. The molecule has 4 heteroatoms. The van der Waals surface area contributed by atoms with Crippen LogP contribution in [0.15, 0.2) is 133 Å². The number of fused-ring (bicyclic) bond motifs is 3. The molecule has 0 fully saturated rings. The summed E-state index contributed by atoms with van der Waals surface area (Å²) in [5.74, 6) is 0.728. The van der Waals surface area contributed by atoms with Crippen LogP contribution in [0.2, 0.25) is 6.82 Å². The molecule has 0 N–H and O–H groups in total. The van der Waals surface area contributed by atoms with E-state index in [0.717, 1.165) is 46.9 Å². The largest absolute Gasteiger partial charge is 0.310 e. The van der Waals surface area contributed by atoms with E-state index in [2.05, 4.69) is 108 Å². The van der Waals surface area contributed by atoms with Crippen LogP contribution in [0.4, 0.5) is 0 Å². The summed E-state index contributed by atoms with van der Waals surface area (Å²) in [7, 11) is 0.983. The van der Waals surface area contributed by atoms with E-state index in [4.69, 9.17) is 9.97 Å². The average Bonchev–Trinajstić information content (AvgIpc) is 3.36. The highest BCUT2D eigenvalue weighted by Crippen LogP contribution is 2.32. The molecule has 39 heavy (non-hydrogen) atoms. The van der Waals surface area contributed by atoms with Crippen LogP contribution in [0, 0.1) is 0 Å². The highest BCUT2D eigenvalue weighted by Gasteiger charge is 2.15. The molecular weight excluding hydrogens is 473 g/mol. The molecule has 0 saturated carbocycles. The molecule has 0 aliphatic carbocycles. The summed E-state index contributed by atoms with van der Waals surface area (Å²) in [5.41, 5.74) is 9.97. The summed E-state index contributed by atoms with van der Waals surface area (Å²) < 4.78 is 2.40. The van der Waals surface area contributed by atoms with E-state index in [-0.39, 0.29) is 0 Å². The van der Waals surface area contributed by atoms with Crippen molar-refractivity contribution in [1.82, 2.24) is 14.5 Å². The van der Waals surface area contributed by atoms with Gasteiger partial charge in [0.05, 0.1) is 16.9 Å². The summed E-state index contributed by atoms with van der Waals surface area (Å²) in [6, 6.07) is 46.7. The van der Waals surface area contributed by atoms with Gasteiger partial charge < -0.3 is 4.57 Å². The normalized spacial score (nSPS) is 11.2. The number of para-hydroxylation sites is 2. The van der Waals surface area contributed by atoms with Gasteiger partial charge in [0.25, 0.3) is 0 Å². The average molecular weight is 499 g/mol. The van der Waals surface area contributed by atoms with Gasteiger partial charge in [-0.25, -0.2) is 9.97 Å². The molecule has 0 atom stereocenters. The van der Waals surface area contributed by atoms with E-state index < -0.39 is 0 Å². The first-order valence-electron chi connectivity index (χ1n) is 13.4. The van der Waals surface area contributed by atoms with Gasteiger partial charge in [-0.2, -0.15) is 0 Å². The van der Waals surface area contributed by atoms with Crippen molar-refractivity contribution < 1.29 is 0 Å². The van der Waals surface area contributed by atoms with E-state index in [1.165, 1.54) is 27.3 Å². The monoisotopic (exact) mass is 499 g/mol. The molecule has 7 rings (SSSR count). The van der Waals surface area contributed by atoms with Crippen LogP contribution in [0.5, 0.6) is 0 Å². The number of benzene rings is 5. The highest BCUT2D eigenvalue weighted by molar-refractivity contribution is 6.56. The van der Waals surface area contributed by atoms with Crippen molar-refractivity contribution in [3.05, 3.63) is 133 Å². The van der Waals surface area contributed by atoms with Gasteiger partial charge in [-0.05, 0) is 24.3 Å². The first-order valence-corrected chi connectivity index (χ1v) is 13.4. The molecule has 0 aliphatic rings. The maximum absolute atomic E-state index is 5.00. The lowest BCUT2D eigenvalue weighted by atomic mass is 9.72. The second-order valence-electron chi connectivity index (χ2n) is 9.76. The summed E-state index contributed by atoms with van der Waals surface area (Å²) in [4.78, 5) is 9.93. The fourth-order valence-electron chi connectivity index (χ4n) is 5.49. The molecule has 0 saturated heterocycles. The number of hydrogen-bond acceptors (Lipinski definition) is 2. The minimum Gasteiger partial charge on any atom is -0.310 e. The Bertz CT molecular complexity index is 1870. The Kier molecular flexibility index (Phi) is 5.79. The van der Waals surface area contributed by atoms with E-state index in [1.807, 2.05) is 36.4 Å². The minimum absolute atomic E-state index is 0.728. The molecule has 0 spiro atoms. The van der Waals surface area contributed by atoms with Gasteiger partial charge in [-0.1, -0.05) is 121 Å². The Balaban J connectivity index is 1.38. The molecule has 5 aromatic carbocycles. The van der Waals surface area contributed by atoms with Crippen molar-refractivity contribution in [1.29, 1.82) is 0 Å². The summed E-state index contributed by atoms with van der Waals surface area (Å²) in [6.45, 7) is 2.23. The smallest absolute Gasteiger partial charge is 0.160 e. The van der Waals surface area contributed by atoms with E-state index in [9.17, 15) is 0 Å². The van der Waals surface area contributed by atoms with Crippen molar-refractivity contribution in [3.63, 3.8) is 0 Å². The third-order valence-electron chi connectivity index (χ3n) is 7.41. The van der Waals surface area contributed by atoms with Gasteiger partial charge >= 0.3 is 0 Å². The van der Waals surface area contributed by atoms with E-state index in [0.29, 0.717) is 0 Å². The molecule has 0 radical (unpaired) electrons. The van der Waals surface area contributed by atoms with Crippen LogP contribution >= 0.6 is 0 Å². The zero-order chi connectivity index (χ0) is 26.2. The van der Waals surface area contributed by atoms with Gasteiger partial charge in [-0.15, -0.1) is 0 Å². The summed E-state index contributed by atoms with van der Waals surface area (Å²) in [6.07, 6.45) is 0. The summed E-state index contributed by atoms with van der Waals surface area (Å²) >= 11 is 0. The van der Waals surface area contributed by atoms with Crippen LogP contribution < -0.4 is 5.46 Å². The summed E-state index contributed by atoms with van der Waals surface area (Å²) in [5, 5.41) is 2.58. The molecule has 0 bridgehead atoms. The highest BCUT2D eigenvalue weighted by atomic mass is 15.0. The second-order valence-corrected chi connectivity index (χ2v) is 9.76. The fraction of sp³-hybridized carbons (Fsp3) is 0.0286. The number of nitrogens with zero attached hydrogens (tertiary/aromatic N) is 3. The van der Waals surface area contributed by atoms with E-state index >= 15 is 0 Å². The molecule has 184 valence electrons. The second kappa shape index (κ2) is 9.73. The molecule has 2 heterocycles. The van der Waals surface area contributed by atoms with Crippen molar-refractivity contribution in [2.24, 2.45) is 0 Å². The fourth-order valence-corrected chi connectivity index (χ4v) is 5.49. The lowest BCUT2D eigenvalue weighted by Gasteiger charge is -2.12. The van der Waals surface area contributed by atoms with Crippen LogP contribution in [0.1, 0.15) is 0 Å². The van der Waals surface area contributed by atoms with Crippen LogP contribution in [-0.4, -0.2) is 21.8 Å². The van der Waals surface area contributed by atoms with Gasteiger partial charge in [0.1, 0.15) is 0 Å². The Hall–Kier alpha value is -4.96. The third kappa shape index (κ3) is 4.11. The minimum atomic E-state index is 0.728. The Labute approximate surface area is 228 Å². The van der Waals surface area contributed by atoms with Gasteiger partial charge in [0, 0.05) is 38.7 Å². The predicted octanol–water partition coefficient (Wildman–Crippen LogP) is 7.68. The van der Waals surface area contributed by atoms with Crippen LogP contribution in [0.25, 0.3) is 61.4 Å². The van der Waals surface area contributed by atoms with Gasteiger partial charge in [0.2, 0.25) is 0 Å². The standard InChI is InChI=1S/C35H26BN3/c1-36-30-17-10-16-29-28-15-8-9-18-33(28)39(34(29)30)27-21-19-25(20-22-27)32-23-31(24-11-4-2-5-12-24)37-35(38-32)26-13-6-3-7-14-26/h2-23,36H,1H3. The predicted molar refractivity (Wildman–Crippen MR) is 165 cm³/mol.